The molecule has 0 aromatic heterocycles. The summed E-state index contributed by atoms with van der Waals surface area (Å²) < 4.78 is 24.6. The third-order valence-electron chi connectivity index (χ3n) is 4.69. The highest BCUT2D eigenvalue weighted by molar-refractivity contribution is 7.88. The highest BCUT2D eigenvalue weighted by atomic mass is 32.2. The van der Waals surface area contributed by atoms with Gasteiger partial charge in [-0.1, -0.05) is 24.3 Å². The summed E-state index contributed by atoms with van der Waals surface area (Å²) in [5, 5.41) is 0. The molecule has 22 heavy (non-hydrogen) atoms. The van der Waals surface area contributed by atoms with Crippen LogP contribution in [-0.2, 0) is 21.2 Å². The number of nitrogens with zero attached hydrogens (tertiary/aromatic N) is 2. The molecule has 0 saturated carbocycles. The Hall–Kier alpha value is -1.40. The summed E-state index contributed by atoms with van der Waals surface area (Å²) in [5.74, 6) is 0.0926. The molecule has 1 fully saturated rings. The van der Waals surface area contributed by atoms with E-state index in [9.17, 15) is 13.2 Å². The average molecular weight is 322 g/mol. The Balaban J connectivity index is 1.71. The van der Waals surface area contributed by atoms with Gasteiger partial charge in [0.25, 0.3) is 0 Å². The van der Waals surface area contributed by atoms with Crippen LogP contribution >= 0.6 is 0 Å². The topological polar surface area (TPSA) is 57.7 Å². The number of fused-ring (bicyclic) bond motifs is 1. The van der Waals surface area contributed by atoms with Crippen LogP contribution in [0.5, 0.6) is 0 Å². The molecule has 120 valence electrons. The van der Waals surface area contributed by atoms with Crippen molar-refractivity contribution in [2.75, 3.05) is 32.4 Å². The molecule has 0 radical (unpaired) electrons. The van der Waals surface area contributed by atoms with Crippen molar-refractivity contribution in [2.45, 2.75) is 25.2 Å². The van der Waals surface area contributed by atoms with Gasteiger partial charge in [0.1, 0.15) is 0 Å². The van der Waals surface area contributed by atoms with E-state index in [4.69, 9.17) is 0 Å². The minimum absolute atomic E-state index is 0.0604. The molecule has 0 bridgehead atoms. The van der Waals surface area contributed by atoms with Gasteiger partial charge in [-0.2, -0.15) is 4.31 Å². The van der Waals surface area contributed by atoms with E-state index in [0.29, 0.717) is 26.2 Å². The maximum atomic E-state index is 12.8. The summed E-state index contributed by atoms with van der Waals surface area (Å²) in [6.07, 6.45) is 4.20. The van der Waals surface area contributed by atoms with Crippen molar-refractivity contribution < 1.29 is 13.2 Å². The molecule has 1 aliphatic carbocycles. The molecular formula is C16H22N2O3S. The standard InChI is InChI=1S/C16H22N2O3S/c1-22(20,21)18-11-9-17(10-12-18)16(19)15-8-4-6-13-5-2-3-7-14(13)15/h2-3,5,7,15H,4,6,8-12H2,1H3. The number of carbonyl (C=O) groups is 1. The molecule has 2 aliphatic rings. The van der Waals surface area contributed by atoms with E-state index < -0.39 is 10.0 Å². The number of amides is 1. The number of benzene rings is 1. The predicted octanol–water partition coefficient (Wildman–Crippen LogP) is 1.21. The Labute approximate surface area is 132 Å². The van der Waals surface area contributed by atoms with Crippen LogP contribution in [0.1, 0.15) is 29.9 Å². The fraction of sp³-hybridized carbons (Fsp3) is 0.562. The number of piperazine rings is 1. The zero-order valence-corrected chi connectivity index (χ0v) is 13.7. The Morgan fingerprint density at radius 3 is 2.50 bits per heavy atom. The first-order valence-electron chi connectivity index (χ1n) is 7.78. The molecule has 6 heteroatoms. The third-order valence-corrected chi connectivity index (χ3v) is 5.99. The van der Waals surface area contributed by atoms with Gasteiger partial charge in [0.15, 0.2) is 0 Å². The lowest BCUT2D eigenvalue weighted by Crippen LogP contribution is -2.51. The maximum Gasteiger partial charge on any atom is 0.230 e. The molecule has 1 atom stereocenters. The van der Waals surface area contributed by atoms with Crippen molar-refractivity contribution >= 4 is 15.9 Å². The van der Waals surface area contributed by atoms with Gasteiger partial charge in [0, 0.05) is 26.2 Å². The summed E-state index contributed by atoms with van der Waals surface area (Å²) in [4.78, 5) is 14.7. The van der Waals surface area contributed by atoms with Crippen molar-refractivity contribution in [3.8, 4) is 0 Å². The van der Waals surface area contributed by atoms with Gasteiger partial charge >= 0.3 is 0 Å². The van der Waals surface area contributed by atoms with Gasteiger partial charge < -0.3 is 4.90 Å². The van der Waals surface area contributed by atoms with Crippen LogP contribution in [0.4, 0.5) is 0 Å². The van der Waals surface area contributed by atoms with Crippen LogP contribution in [0.2, 0.25) is 0 Å². The Morgan fingerprint density at radius 1 is 1.14 bits per heavy atom. The summed E-state index contributed by atoms with van der Waals surface area (Å²) in [5.41, 5.74) is 2.44. The first kappa shape index (κ1) is 15.5. The first-order chi connectivity index (χ1) is 10.5. The Morgan fingerprint density at radius 2 is 1.82 bits per heavy atom. The van der Waals surface area contributed by atoms with E-state index in [1.807, 2.05) is 17.0 Å². The number of carbonyl (C=O) groups excluding carboxylic acids is 1. The highest BCUT2D eigenvalue weighted by Gasteiger charge is 2.32. The van der Waals surface area contributed by atoms with Crippen molar-refractivity contribution in [3.05, 3.63) is 35.4 Å². The number of sulfonamides is 1. The highest BCUT2D eigenvalue weighted by Crippen LogP contribution is 2.33. The molecule has 1 amide bonds. The van der Waals surface area contributed by atoms with Crippen LogP contribution < -0.4 is 0 Å². The van der Waals surface area contributed by atoms with Crippen molar-refractivity contribution in [2.24, 2.45) is 0 Å². The third kappa shape index (κ3) is 3.03. The molecule has 1 unspecified atom stereocenters. The molecule has 0 N–H and O–H groups in total. The fourth-order valence-corrected chi connectivity index (χ4v) is 4.30. The quantitative estimate of drug-likeness (QED) is 0.822. The molecule has 0 spiro atoms. The summed E-state index contributed by atoms with van der Waals surface area (Å²) in [6.45, 7) is 1.78. The van der Waals surface area contributed by atoms with E-state index >= 15 is 0 Å². The monoisotopic (exact) mass is 322 g/mol. The van der Waals surface area contributed by atoms with Gasteiger partial charge in [-0.05, 0) is 30.4 Å². The van der Waals surface area contributed by atoms with E-state index in [2.05, 4.69) is 12.1 Å². The lowest BCUT2D eigenvalue weighted by Gasteiger charge is -2.36. The van der Waals surface area contributed by atoms with Crippen LogP contribution in [0, 0.1) is 0 Å². The molecule has 1 aromatic rings. The van der Waals surface area contributed by atoms with E-state index in [1.165, 1.54) is 16.1 Å². The summed E-state index contributed by atoms with van der Waals surface area (Å²) in [7, 11) is -3.15. The molecule has 1 heterocycles. The summed E-state index contributed by atoms with van der Waals surface area (Å²) >= 11 is 0. The minimum Gasteiger partial charge on any atom is -0.340 e. The number of hydrogen-bond acceptors (Lipinski definition) is 3. The van der Waals surface area contributed by atoms with Crippen molar-refractivity contribution in [1.29, 1.82) is 0 Å². The Kier molecular flexibility index (Phi) is 4.23. The maximum absolute atomic E-state index is 12.8. The van der Waals surface area contributed by atoms with Gasteiger partial charge in [-0.25, -0.2) is 8.42 Å². The largest absolute Gasteiger partial charge is 0.340 e. The van der Waals surface area contributed by atoms with Crippen LogP contribution in [0.3, 0.4) is 0 Å². The summed E-state index contributed by atoms with van der Waals surface area (Å²) in [6, 6.07) is 8.18. The second-order valence-electron chi connectivity index (χ2n) is 6.13. The number of rotatable bonds is 2. The van der Waals surface area contributed by atoms with E-state index in [1.54, 1.807) is 0 Å². The second-order valence-corrected chi connectivity index (χ2v) is 8.11. The van der Waals surface area contributed by atoms with E-state index in [0.717, 1.165) is 24.8 Å². The van der Waals surface area contributed by atoms with Gasteiger partial charge in [0.05, 0.1) is 12.2 Å². The molecule has 1 saturated heterocycles. The van der Waals surface area contributed by atoms with Crippen LogP contribution in [0.15, 0.2) is 24.3 Å². The lowest BCUT2D eigenvalue weighted by molar-refractivity contribution is -0.134. The van der Waals surface area contributed by atoms with E-state index in [-0.39, 0.29) is 11.8 Å². The number of aryl methyl sites for hydroxylation is 1. The zero-order chi connectivity index (χ0) is 15.7. The minimum atomic E-state index is -3.15. The van der Waals surface area contributed by atoms with Gasteiger partial charge in [-0.3, -0.25) is 4.79 Å². The number of hydrogen-bond donors (Lipinski definition) is 0. The molecule has 1 aromatic carbocycles. The predicted molar refractivity (Wildman–Crippen MR) is 85.1 cm³/mol. The van der Waals surface area contributed by atoms with Gasteiger partial charge in [-0.15, -0.1) is 0 Å². The van der Waals surface area contributed by atoms with Crippen molar-refractivity contribution in [3.63, 3.8) is 0 Å². The Bertz CT molecular complexity index is 664. The molecule has 5 nitrogen and oxygen atoms in total. The smallest absolute Gasteiger partial charge is 0.230 e. The fourth-order valence-electron chi connectivity index (χ4n) is 3.47. The lowest BCUT2D eigenvalue weighted by atomic mass is 9.82. The van der Waals surface area contributed by atoms with Gasteiger partial charge in [0.2, 0.25) is 15.9 Å². The molecule has 3 rings (SSSR count). The van der Waals surface area contributed by atoms with Crippen LogP contribution in [0.25, 0.3) is 0 Å². The second kappa shape index (κ2) is 6.01. The SMILES string of the molecule is CS(=O)(=O)N1CCN(C(=O)C2CCCc3ccccc32)CC1. The normalized spacial score (nSPS) is 23.1. The first-order valence-corrected chi connectivity index (χ1v) is 9.63. The van der Waals surface area contributed by atoms with Crippen molar-refractivity contribution in [1.82, 2.24) is 9.21 Å². The molecular weight excluding hydrogens is 300 g/mol. The van der Waals surface area contributed by atoms with Crippen LogP contribution in [-0.4, -0.2) is 56.0 Å². The molecule has 1 aliphatic heterocycles. The zero-order valence-electron chi connectivity index (χ0n) is 12.9. The average Bonchev–Trinajstić information content (AvgIpc) is 2.53.